The number of rotatable bonds is 6. The number of anilines is 2. The minimum absolute atomic E-state index is 0.215. The van der Waals surface area contributed by atoms with Gasteiger partial charge in [0, 0.05) is 23.3 Å². The van der Waals surface area contributed by atoms with Crippen LogP contribution < -0.4 is 9.80 Å². The van der Waals surface area contributed by atoms with E-state index in [2.05, 4.69) is 6.07 Å². The highest BCUT2D eigenvalue weighted by atomic mass is 32.2. The number of hydrogen-bond acceptors (Lipinski definition) is 7. The summed E-state index contributed by atoms with van der Waals surface area (Å²) in [6, 6.07) is 16.1. The maximum absolute atomic E-state index is 13.5. The molecule has 0 saturated carbocycles. The fraction of sp³-hybridized carbons (Fsp3) is 0.167. The second kappa shape index (κ2) is 8.84. The van der Waals surface area contributed by atoms with E-state index in [1.807, 2.05) is 24.5 Å². The lowest BCUT2D eigenvalue weighted by Gasteiger charge is -2.19. The summed E-state index contributed by atoms with van der Waals surface area (Å²) in [4.78, 5) is 46.1. The van der Waals surface area contributed by atoms with E-state index < -0.39 is 0 Å². The molecule has 0 atom stereocenters. The number of thiazole rings is 1. The number of fused-ring (bicyclic) bond motifs is 1. The first-order valence-corrected chi connectivity index (χ1v) is 12.3. The van der Waals surface area contributed by atoms with Gasteiger partial charge >= 0.3 is 0 Å². The van der Waals surface area contributed by atoms with Crippen molar-refractivity contribution in [1.82, 2.24) is 4.98 Å². The van der Waals surface area contributed by atoms with Crippen LogP contribution in [0.25, 0.3) is 10.2 Å². The number of aromatic nitrogens is 1. The van der Waals surface area contributed by atoms with Gasteiger partial charge in [0.15, 0.2) is 5.13 Å². The summed E-state index contributed by atoms with van der Waals surface area (Å²) in [5.74, 6) is -0.0614. The van der Waals surface area contributed by atoms with Crippen molar-refractivity contribution in [2.45, 2.75) is 24.3 Å². The van der Waals surface area contributed by atoms with E-state index in [4.69, 9.17) is 9.40 Å². The Labute approximate surface area is 198 Å². The SMILES string of the molecule is CSc1ccc2nc(N(Cc3ccco3)C(=O)c3ccc(N4C(=O)CCC4=O)cc3)sc2c1. The summed E-state index contributed by atoms with van der Waals surface area (Å²) < 4.78 is 6.49. The number of imide groups is 1. The maximum Gasteiger partial charge on any atom is 0.260 e. The van der Waals surface area contributed by atoms with Gasteiger partial charge in [-0.2, -0.15) is 0 Å². The molecule has 1 aliphatic heterocycles. The van der Waals surface area contributed by atoms with Gasteiger partial charge in [0.25, 0.3) is 5.91 Å². The van der Waals surface area contributed by atoms with Gasteiger partial charge in [-0.05, 0) is 60.9 Å². The smallest absolute Gasteiger partial charge is 0.260 e. The van der Waals surface area contributed by atoms with Crippen LogP contribution in [-0.2, 0) is 16.1 Å². The highest BCUT2D eigenvalue weighted by molar-refractivity contribution is 7.98. The molecular formula is C24H19N3O4S2. The Hall–Kier alpha value is -3.43. The van der Waals surface area contributed by atoms with Gasteiger partial charge in [-0.25, -0.2) is 4.98 Å². The molecule has 0 radical (unpaired) electrons. The Morgan fingerprint density at radius 3 is 2.55 bits per heavy atom. The zero-order valence-electron chi connectivity index (χ0n) is 17.7. The Morgan fingerprint density at radius 1 is 1.12 bits per heavy atom. The number of amides is 3. The zero-order valence-corrected chi connectivity index (χ0v) is 19.3. The summed E-state index contributed by atoms with van der Waals surface area (Å²) in [6.45, 7) is 0.228. The van der Waals surface area contributed by atoms with Gasteiger partial charge in [0.1, 0.15) is 5.76 Å². The van der Waals surface area contributed by atoms with Crippen molar-refractivity contribution in [3.63, 3.8) is 0 Å². The van der Waals surface area contributed by atoms with Crippen LogP contribution >= 0.6 is 23.1 Å². The molecular weight excluding hydrogens is 458 g/mol. The van der Waals surface area contributed by atoms with Gasteiger partial charge in [0.05, 0.1) is 28.7 Å². The van der Waals surface area contributed by atoms with Crippen molar-refractivity contribution >= 4 is 61.9 Å². The van der Waals surface area contributed by atoms with Gasteiger partial charge in [-0.3, -0.25) is 24.2 Å². The van der Waals surface area contributed by atoms with Crippen molar-refractivity contribution in [2.24, 2.45) is 0 Å². The van der Waals surface area contributed by atoms with Crippen LogP contribution in [0.5, 0.6) is 0 Å². The Morgan fingerprint density at radius 2 is 1.88 bits per heavy atom. The number of benzene rings is 2. The molecule has 5 rings (SSSR count). The summed E-state index contributed by atoms with van der Waals surface area (Å²) in [5, 5.41) is 0.568. The molecule has 2 aromatic heterocycles. The fourth-order valence-electron chi connectivity index (χ4n) is 3.69. The van der Waals surface area contributed by atoms with Gasteiger partial charge in [-0.1, -0.05) is 11.3 Å². The molecule has 1 aliphatic rings. The van der Waals surface area contributed by atoms with Crippen molar-refractivity contribution in [3.05, 3.63) is 72.2 Å². The Bertz CT molecular complexity index is 1330. The molecule has 0 aliphatic carbocycles. The standard InChI is InChI=1S/C24H19N3O4S2/c1-32-18-8-9-19-20(13-18)33-24(25-19)26(14-17-3-2-12-31-17)23(30)15-4-6-16(7-5-15)27-21(28)10-11-22(27)29/h2-9,12-13H,10-11,14H2,1H3. The minimum Gasteiger partial charge on any atom is -0.467 e. The molecule has 1 saturated heterocycles. The predicted molar refractivity (Wildman–Crippen MR) is 129 cm³/mol. The van der Waals surface area contributed by atoms with E-state index in [1.54, 1.807) is 53.3 Å². The number of carbonyl (C=O) groups is 3. The van der Waals surface area contributed by atoms with E-state index in [1.165, 1.54) is 16.2 Å². The summed E-state index contributed by atoms with van der Waals surface area (Å²) in [5.41, 5.74) is 1.72. The molecule has 3 heterocycles. The zero-order chi connectivity index (χ0) is 22.9. The molecule has 0 unspecified atom stereocenters. The molecule has 7 nitrogen and oxygen atoms in total. The number of carbonyl (C=O) groups excluding carboxylic acids is 3. The lowest BCUT2D eigenvalue weighted by molar-refractivity contribution is -0.121. The van der Waals surface area contributed by atoms with Crippen LogP contribution in [0.3, 0.4) is 0 Å². The summed E-state index contributed by atoms with van der Waals surface area (Å²) >= 11 is 3.10. The molecule has 33 heavy (non-hydrogen) atoms. The molecule has 1 fully saturated rings. The highest BCUT2D eigenvalue weighted by Gasteiger charge is 2.30. The predicted octanol–water partition coefficient (Wildman–Crippen LogP) is 5.11. The largest absolute Gasteiger partial charge is 0.467 e. The molecule has 4 aromatic rings. The monoisotopic (exact) mass is 477 g/mol. The lowest BCUT2D eigenvalue weighted by atomic mass is 10.1. The number of hydrogen-bond donors (Lipinski definition) is 0. The lowest BCUT2D eigenvalue weighted by Crippen LogP contribution is -2.31. The van der Waals surface area contributed by atoms with E-state index >= 15 is 0 Å². The van der Waals surface area contributed by atoms with Crippen molar-refractivity contribution in [3.8, 4) is 0 Å². The maximum atomic E-state index is 13.5. The van der Waals surface area contributed by atoms with Crippen LogP contribution in [0.1, 0.15) is 29.0 Å². The summed E-state index contributed by atoms with van der Waals surface area (Å²) in [6.07, 6.45) is 4.02. The van der Waals surface area contributed by atoms with Gasteiger partial charge in [-0.15, -0.1) is 11.8 Å². The normalized spacial score (nSPS) is 13.8. The van der Waals surface area contributed by atoms with Crippen molar-refractivity contribution in [2.75, 3.05) is 16.1 Å². The highest BCUT2D eigenvalue weighted by Crippen LogP contribution is 2.33. The molecule has 0 spiro atoms. The van der Waals surface area contributed by atoms with Gasteiger partial charge in [0.2, 0.25) is 11.8 Å². The van der Waals surface area contributed by atoms with E-state index in [0.717, 1.165) is 15.1 Å². The van der Waals surface area contributed by atoms with Crippen LogP contribution in [0, 0.1) is 0 Å². The third kappa shape index (κ3) is 4.17. The second-order valence-electron chi connectivity index (χ2n) is 7.47. The first-order valence-electron chi connectivity index (χ1n) is 10.3. The number of nitrogens with zero attached hydrogens (tertiary/aromatic N) is 3. The van der Waals surface area contributed by atoms with Crippen LogP contribution in [0.15, 0.2) is 70.2 Å². The van der Waals surface area contributed by atoms with E-state index in [9.17, 15) is 14.4 Å². The third-order valence-electron chi connectivity index (χ3n) is 5.38. The molecule has 9 heteroatoms. The Balaban J connectivity index is 1.48. The van der Waals surface area contributed by atoms with Crippen LogP contribution in [0.2, 0.25) is 0 Å². The summed E-state index contributed by atoms with van der Waals surface area (Å²) in [7, 11) is 0. The van der Waals surface area contributed by atoms with Crippen LogP contribution in [0.4, 0.5) is 10.8 Å². The topological polar surface area (TPSA) is 83.7 Å². The quantitative estimate of drug-likeness (QED) is 0.283. The average Bonchev–Trinajstić information content (AvgIpc) is 3.57. The van der Waals surface area contributed by atoms with Crippen molar-refractivity contribution < 1.29 is 18.8 Å². The number of thioether (sulfide) groups is 1. The average molecular weight is 478 g/mol. The first kappa shape index (κ1) is 21.4. The fourth-order valence-corrected chi connectivity index (χ4v) is 5.21. The molecule has 3 amide bonds. The molecule has 2 aromatic carbocycles. The second-order valence-corrected chi connectivity index (χ2v) is 9.36. The van der Waals surface area contributed by atoms with Crippen molar-refractivity contribution in [1.29, 1.82) is 0 Å². The first-order chi connectivity index (χ1) is 16.0. The Kier molecular flexibility index (Phi) is 5.74. The number of furan rings is 1. The van der Waals surface area contributed by atoms with E-state index in [0.29, 0.717) is 22.1 Å². The van der Waals surface area contributed by atoms with E-state index in [-0.39, 0.29) is 37.1 Å². The molecule has 166 valence electrons. The third-order valence-corrected chi connectivity index (χ3v) is 7.14. The van der Waals surface area contributed by atoms with Crippen LogP contribution in [-0.4, -0.2) is 29.0 Å². The minimum atomic E-state index is -0.249. The molecule has 0 N–H and O–H groups in total. The van der Waals surface area contributed by atoms with Gasteiger partial charge < -0.3 is 4.42 Å². The molecule has 0 bridgehead atoms.